The third-order valence-corrected chi connectivity index (χ3v) is 5.13. The summed E-state index contributed by atoms with van der Waals surface area (Å²) in [6.07, 6.45) is 2.10. The Labute approximate surface area is 128 Å². The van der Waals surface area contributed by atoms with Gasteiger partial charge in [-0.15, -0.1) is 11.3 Å². The smallest absolute Gasteiger partial charge is 0.138 e. The maximum absolute atomic E-state index is 4.84. The second-order valence-corrected chi connectivity index (χ2v) is 6.86. The molecule has 0 spiro atoms. The summed E-state index contributed by atoms with van der Waals surface area (Å²) in [6, 6.07) is 10.9. The van der Waals surface area contributed by atoms with E-state index in [4.69, 9.17) is 9.97 Å². The van der Waals surface area contributed by atoms with Crippen molar-refractivity contribution in [3.63, 3.8) is 0 Å². The van der Waals surface area contributed by atoms with Crippen LogP contribution in [0.15, 0.2) is 30.3 Å². The Kier molecular flexibility index (Phi) is 2.93. The minimum atomic E-state index is 0.404. The van der Waals surface area contributed by atoms with Gasteiger partial charge >= 0.3 is 0 Å². The van der Waals surface area contributed by atoms with Crippen LogP contribution in [0.2, 0.25) is 0 Å². The molecule has 1 aromatic carbocycles. The van der Waals surface area contributed by atoms with Crippen molar-refractivity contribution in [2.75, 3.05) is 12.4 Å². The van der Waals surface area contributed by atoms with Gasteiger partial charge in [-0.3, -0.25) is 0 Å². The quantitative estimate of drug-likeness (QED) is 0.778. The normalized spacial score (nSPS) is 14.6. The first-order chi connectivity index (χ1) is 10.2. The van der Waals surface area contributed by atoms with Crippen molar-refractivity contribution in [3.8, 4) is 0 Å². The van der Waals surface area contributed by atoms with E-state index in [-0.39, 0.29) is 0 Å². The van der Waals surface area contributed by atoms with Gasteiger partial charge in [0.15, 0.2) is 0 Å². The summed E-state index contributed by atoms with van der Waals surface area (Å²) in [5.74, 6) is 2.33. The molecule has 0 aliphatic heterocycles. The Balaban J connectivity index is 1.78. The molecule has 4 heteroatoms. The summed E-state index contributed by atoms with van der Waals surface area (Å²) in [5, 5.41) is 4.36. The lowest BCUT2D eigenvalue weighted by Gasteiger charge is -2.10. The van der Waals surface area contributed by atoms with Gasteiger partial charge < -0.3 is 5.32 Å². The van der Waals surface area contributed by atoms with Crippen LogP contribution in [0.3, 0.4) is 0 Å². The van der Waals surface area contributed by atoms with Crippen molar-refractivity contribution < 1.29 is 0 Å². The van der Waals surface area contributed by atoms with E-state index in [9.17, 15) is 0 Å². The first-order valence-electron chi connectivity index (χ1n) is 7.27. The van der Waals surface area contributed by atoms with Crippen molar-refractivity contribution in [1.82, 2.24) is 9.97 Å². The van der Waals surface area contributed by atoms with Crippen LogP contribution in [0, 0.1) is 6.92 Å². The van der Waals surface area contributed by atoms with Gasteiger partial charge in [-0.2, -0.15) is 0 Å². The summed E-state index contributed by atoms with van der Waals surface area (Å²) >= 11 is 1.75. The van der Waals surface area contributed by atoms with Crippen LogP contribution in [-0.2, 0) is 12.8 Å². The predicted molar refractivity (Wildman–Crippen MR) is 88.3 cm³/mol. The van der Waals surface area contributed by atoms with Gasteiger partial charge in [0.05, 0.1) is 5.39 Å². The molecule has 106 valence electrons. The van der Waals surface area contributed by atoms with E-state index >= 15 is 0 Å². The number of nitrogens with one attached hydrogen (secondary N) is 1. The molecule has 2 aromatic heterocycles. The number of benzene rings is 1. The average Bonchev–Trinajstić information content (AvgIpc) is 3.07. The molecular formula is C17H17N3S. The maximum Gasteiger partial charge on any atom is 0.138 e. The fourth-order valence-corrected chi connectivity index (χ4v) is 4.06. The van der Waals surface area contributed by atoms with Crippen LogP contribution in [0.1, 0.15) is 27.7 Å². The van der Waals surface area contributed by atoms with Crippen molar-refractivity contribution in [3.05, 3.63) is 52.2 Å². The van der Waals surface area contributed by atoms with E-state index in [1.807, 2.05) is 7.05 Å². The maximum atomic E-state index is 4.84. The molecule has 0 unspecified atom stereocenters. The number of aryl methyl sites for hydroxylation is 1. The van der Waals surface area contributed by atoms with E-state index in [1.54, 1.807) is 11.3 Å². The van der Waals surface area contributed by atoms with Crippen LogP contribution >= 0.6 is 11.3 Å². The zero-order valence-electron chi connectivity index (χ0n) is 12.2. The van der Waals surface area contributed by atoms with E-state index in [1.165, 1.54) is 16.0 Å². The Morgan fingerprint density at radius 1 is 1.14 bits per heavy atom. The molecule has 0 saturated carbocycles. The second kappa shape index (κ2) is 4.81. The number of rotatable bonds is 2. The van der Waals surface area contributed by atoms with Crippen LogP contribution in [-0.4, -0.2) is 17.0 Å². The largest absolute Gasteiger partial charge is 0.372 e. The molecule has 0 amide bonds. The molecule has 1 aliphatic carbocycles. The van der Waals surface area contributed by atoms with Gasteiger partial charge in [-0.05, 0) is 37.0 Å². The molecule has 21 heavy (non-hydrogen) atoms. The molecule has 0 atom stereocenters. The molecule has 1 aliphatic rings. The van der Waals surface area contributed by atoms with E-state index in [0.29, 0.717) is 5.92 Å². The first-order valence-corrected chi connectivity index (χ1v) is 8.09. The van der Waals surface area contributed by atoms with E-state index < -0.39 is 0 Å². The Morgan fingerprint density at radius 3 is 2.52 bits per heavy atom. The summed E-state index contributed by atoms with van der Waals surface area (Å²) in [6.45, 7) is 2.12. The van der Waals surface area contributed by atoms with Crippen molar-refractivity contribution in [2.24, 2.45) is 0 Å². The summed E-state index contributed by atoms with van der Waals surface area (Å²) in [4.78, 5) is 12.0. The van der Waals surface area contributed by atoms with Crippen molar-refractivity contribution in [1.29, 1.82) is 0 Å². The molecule has 0 bridgehead atoms. The molecule has 3 nitrogen and oxygen atoms in total. The fraction of sp³-hybridized carbons (Fsp3) is 0.294. The van der Waals surface area contributed by atoms with E-state index in [0.717, 1.165) is 34.7 Å². The van der Waals surface area contributed by atoms with Crippen LogP contribution < -0.4 is 5.32 Å². The van der Waals surface area contributed by atoms with Gasteiger partial charge in [-0.1, -0.05) is 24.3 Å². The monoisotopic (exact) mass is 295 g/mol. The van der Waals surface area contributed by atoms with E-state index in [2.05, 4.69) is 42.6 Å². The summed E-state index contributed by atoms with van der Waals surface area (Å²) in [5.41, 5.74) is 2.89. The molecule has 0 fully saturated rings. The average molecular weight is 295 g/mol. The third-order valence-electron chi connectivity index (χ3n) is 4.19. The fourth-order valence-electron chi connectivity index (χ4n) is 3.17. The zero-order chi connectivity index (χ0) is 14.4. The SMILES string of the molecule is CNc1nc(C2Cc3ccccc3C2)nc2sc(C)cc12. The lowest BCUT2D eigenvalue weighted by atomic mass is 10.1. The van der Waals surface area contributed by atoms with Crippen LogP contribution in [0.4, 0.5) is 5.82 Å². The number of thiophene rings is 1. The van der Waals surface area contributed by atoms with Gasteiger partial charge in [0, 0.05) is 17.8 Å². The van der Waals surface area contributed by atoms with Gasteiger partial charge in [0.1, 0.15) is 16.5 Å². The summed E-state index contributed by atoms with van der Waals surface area (Å²) < 4.78 is 0. The Morgan fingerprint density at radius 2 is 1.86 bits per heavy atom. The summed E-state index contributed by atoms with van der Waals surface area (Å²) in [7, 11) is 1.93. The van der Waals surface area contributed by atoms with Crippen molar-refractivity contribution in [2.45, 2.75) is 25.7 Å². The number of hydrogen-bond donors (Lipinski definition) is 1. The second-order valence-electron chi connectivity index (χ2n) is 5.63. The molecule has 1 N–H and O–H groups in total. The van der Waals surface area contributed by atoms with Crippen LogP contribution in [0.25, 0.3) is 10.2 Å². The van der Waals surface area contributed by atoms with Crippen LogP contribution in [0.5, 0.6) is 0 Å². The highest BCUT2D eigenvalue weighted by Crippen LogP contribution is 2.35. The number of aromatic nitrogens is 2. The van der Waals surface area contributed by atoms with Gasteiger partial charge in [0.2, 0.25) is 0 Å². The van der Waals surface area contributed by atoms with Gasteiger partial charge in [0.25, 0.3) is 0 Å². The molecule has 4 rings (SSSR count). The lowest BCUT2D eigenvalue weighted by Crippen LogP contribution is -2.06. The highest BCUT2D eigenvalue weighted by molar-refractivity contribution is 7.18. The molecule has 0 saturated heterocycles. The minimum absolute atomic E-state index is 0.404. The highest BCUT2D eigenvalue weighted by atomic mass is 32.1. The number of fused-ring (bicyclic) bond motifs is 2. The predicted octanol–water partition coefficient (Wildman–Crippen LogP) is 3.92. The Bertz CT molecular complexity index is 797. The Hall–Kier alpha value is -1.94. The molecule has 0 radical (unpaired) electrons. The number of hydrogen-bond acceptors (Lipinski definition) is 4. The van der Waals surface area contributed by atoms with Gasteiger partial charge in [-0.25, -0.2) is 9.97 Å². The van der Waals surface area contributed by atoms with Crippen molar-refractivity contribution >= 4 is 27.4 Å². The molecule has 3 aromatic rings. The zero-order valence-corrected chi connectivity index (χ0v) is 13.0. The lowest BCUT2D eigenvalue weighted by molar-refractivity contribution is 0.689. The first kappa shape index (κ1) is 12.8. The topological polar surface area (TPSA) is 37.8 Å². The third kappa shape index (κ3) is 2.10. The molecular weight excluding hydrogens is 278 g/mol. The standard InChI is InChI=1S/C17H17N3S/c1-10-7-14-16(18-2)19-15(20-17(14)21-10)13-8-11-5-3-4-6-12(11)9-13/h3-7,13H,8-9H2,1-2H3,(H,18,19,20). The minimum Gasteiger partial charge on any atom is -0.372 e. The number of anilines is 1. The highest BCUT2D eigenvalue weighted by Gasteiger charge is 2.25. The number of nitrogens with zero attached hydrogens (tertiary/aromatic N) is 2. The molecule has 2 heterocycles.